The van der Waals surface area contributed by atoms with Gasteiger partial charge in [-0.1, -0.05) is 29.8 Å². The highest BCUT2D eigenvalue weighted by Gasteiger charge is 2.13. The molecule has 0 aliphatic heterocycles. The number of aromatic nitrogens is 1. The second-order valence-electron chi connectivity index (χ2n) is 4.68. The first-order chi connectivity index (χ1) is 9.61. The molecule has 1 aromatic carbocycles. The zero-order valence-corrected chi connectivity index (χ0v) is 13.5. The summed E-state index contributed by atoms with van der Waals surface area (Å²) in [5.41, 5.74) is 1.13. The van der Waals surface area contributed by atoms with Crippen LogP contribution in [0.5, 0.6) is 17.4 Å². The van der Waals surface area contributed by atoms with E-state index in [-0.39, 0.29) is 0 Å². The van der Waals surface area contributed by atoms with Crippen molar-refractivity contribution in [2.45, 2.75) is 26.7 Å². The number of halogens is 1. The average molecular weight is 336 g/mol. The lowest BCUT2D eigenvalue weighted by Gasteiger charge is -2.15. The number of ether oxygens (including phenoxy) is 2. The van der Waals surface area contributed by atoms with E-state index in [2.05, 4.69) is 40.8 Å². The maximum absolute atomic E-state index is 5.95. The quantitative estimate of drug-likeness (QED) is 0.756. The van der Waals surface area contributed by atoms with Gasteiger partial charge >= 0.3 is 0 Å². The van der Waals surface area contributed by atoms with E-state index in [0.717, 1.165) is 15.8 Å². The molecule has 0 saturated carbocycles. The minimum atomic E-state index is 0.363. The molecule has 0 aliphatic rings. The Hall–Kier alpha value is -1.55. The lowest BCUT2D eigenvalue weighted by molar-refractivity contribution is 0.315. The molecule has 0 amide bonds. The minimum absolute atomic E-state index is 0.363. The lowest BCUT2D eigenvalue weighted by atomic mass is 10.0. The van der Waals surface area contributed by atoms with Gasteiger partial charge in [-0.15, -0.1) is 0 Å². The first kappa shape index (κ1) is 14.9. The van der Waals surface area contributed by atoms with Crippen LogP contribution in [0.1, 0.15) is 32.3 Å². The second-order valence-corrected chi connectivity index (χ2v) is 5.59. The molecule has 1 heterocycles. The van der Waals surface area contributed by atoms with E-state index in [1.165, 1.54) is 0 Å². The van der Waals surface area contributed by atoms with Gasteiger partial charge < -0.3 is 9.47 Å². The minimum Gasteiger partial charge on any atom is -0.488 e. The van der Waals surface area contributed by atoms with Crippen LogP contribution in [0.2, 0.25) is 0 Å². The summed E-state index contributed by atoms with van der Waals surface area (Å²) in [5, 5.41) is 0. The highest BCUT2D eigenvalue weighted by Crippen LogP contribution is 2.35. The van der Waals surface area contributed by atoms with Gasteiger partial charge in [0, 0.05) is 10.7 Å². The molecule has 2 rings (SSSR count). The lowest BCUT2D eigenvalue weighted by Crippen LogP contribution is -1.99. The molecule has 0 aliphatic carbocycles. The zero-order valence-electron chi connectivity index (χ0n) is 11.9. The number of pyridine rings is 1. The predicted octanol–water partition coefficient (Wildman–Crippen LogP) is 5.16. The molecule has 0 bridgehead atoms. The molecular formula is C16H18BrNO2. The van der Waals surface area contributed by atoms with Gasteiger partial charge in [0.05, 0.1) is 6.61 Å². The van der Waals surface area contributed by atoms with Crippen molar-refractivity contribution in [3.63, 3.8) is 0 Å². The van der Waals surface area contributed by atoms with E-state index in [1.807, 2.05) is 31.2 Å². The van der Waals surface area contributed by atoms with Crippen molar-refractivity contribution >= 4 is 15.9 Å². The van der Waals surface area contributed by atoms with Crippen molar-refractivity contribution in [3.05, 3.63) is 46.6 Å². The standard InChI is InChI=1S/C16H18BrNO2/c1-4-19-15-6-5-9-18-16(15)20-14-8-7-12(17)10-13(14)11(2)3/h5-11H,4H2,1-3H3. The topological polar surface area (TPSA) is 31.4 Å². The van der Waals surface area contributed by atoms with Gasteiger partial charge in [-0.25, -0.2) is 4.98 Å². The van der Waals surface area contributed by atoms with Crippen molar-refractivity contribution in [1.29, 1.82) is 0 Å². The Bertz CT molecular complexity index is 584. The van der Waals surface area contributed by atoms with Gasteiger partial charge in [-0.3, -0.25) is 0 Å². The summed E-state index contributed by atoms with van der Waals surface area (Å²) in [7, 11) is 0. The SMILES string of the molecule is CCOc1cccnc1Oc1ccc(Br)cc1C(C)C. The summed E-state index contributed by atoms with van der Waals surface area (Å²) < 4.78 is 12.5. The smallest absolute Gasteiger partial charge is 0.262 e. The summed E-state index contributed by atoms with van der Waals surface area (Å²) in [6, 6.07) is 9.68. The number of rotatable bonds is 5. The van der Waals surface area contributed by atoms with Crippen LogP contribution in [0, 0.1) is 0 Å². The largest absolute Gasteiger partial charge is 0.488 e. The molecule has 1 aromatic heterocycles. The van der Waals surface area contributed by atoms with Crippen molar-refractivity contribution < 1.29 is 9.47 Å². The molecule has 0 atom stereocenters. The fourth-order valence-corrected chi connectivity index (χ4v) is 2.26. The van der Waals surface area contributed by atoms with Crippen molar-refractivity contribution in [2.75, 3.05) is 6.61 Å². The van der Waals surface area contributed by atoms with Crippen LogP contribution in [0.3, 0.4) is 0 Å². The average Bonchev–Trinajstić information content (AvgIpc) is 2.43. The van der Waals surface area contributed by atoms with Gasteiger partial charge in [0.1, 0.15) is 5.75 Å². The van der Waals surface area contributed by atoms with Gasteiger partial charge in [-0.05, 0) is 48.7 Å². The van der Waals surface area contributed by atoms with Crippen LogP contribution < -0.4 is 9.47 Å². The first-order valence-corrected chi connectivity index (χ1v) is 7.46. The molecule has 0 radical (unpaired) electrons. The third-order valence-corrected chi connectivity index (χ3v) is 3.33. The molecule has 0 N–H and O–H groups in total. The number of benzene rings is 1. The molecule has 0 fully saturated rings. The van der Waals surface area contributed by atoms with Gasteiger partial charge in [-0.2, -0.15) is 0 Å². The second kappa shape index (κ2) is 6.75. The monoisotopic (exact) mass is 335 g/mol. The Morgan fingerprint density at radius 1 is 1.20 bits per heavy atom. The fraction of sp³-hybridized carbons (Fsp3) is 0.312. The molecular weight excluding hydrogens is 318 g/mol. The van der Waals surface area contributed by atoms with E-state index in [9.17, 15) is 0 Å². The zero-order chi connectivity index (χ0) is 14.5. The van der Waals surface area contributed by atoms with Crippen molar-refractivity contribution in [3.8, 4) is 17.4 Å². The van der Waals surface area contributed by atoms with Crippen LogP contribution in [-0.4, -0.2) is 11.6 Å². The molecule has 3 nitrogen and oxygen atoms in total. The normalized spacial score (nSPS) is 10.7. The fourth-order valence-electron chi connectivity index (χ4n) is 1.89. The summed E-state index contributed by atoms with van der Waals surface area (Å²) in [4.78, 5) is 4.26. The Morgan fingerprint density at radius 2 is 2.00 bits per heavy atom. The summed E-state index contributed by atoms with van der Waals surface area (Å²) in [5.74, 6) is 2.33. The maximum Gasteiger partial charge on any atom is 0.262 e. The molecule has 2 aromatic rings. The van der Waals surface area contributed by atoms with Gasteiger partial charge in [0.15, 0.2) is 5.75 Å². The molecule has 20 heavy (non-hydrogen) atoms. The highest BCUT2D eigenvalue weighted by molar-refractivity contribution is 9.10. The first-order valence-electron chi connectivity index (χ1n) is 6.67. The Morgan fingerprint density at radius 3 is 2.70 bits per heavy atom. The Labute approximate surface area is 128 Å². The molecule has 106 valence electrons. The predicted molar refractivity (Wildman–Crippen MR) is 83.7 cm³/mol. The summed E-state index contributed by atoms with van der Waals surface area (Å²) in [6.07, 6.45) is 1.70. The molecule has 0 spiro atoms. The van der Waals surface area contributed by atoms with Crippen LogP contribution >= 0.6 is 15.9 Å². The highest BCUT2D eigenvalue weighted by atomic mass is 79.9. The molecule has 0 unspecified atom stereocenters. The summed E-state index contributed by atoms with van der Waals surface area (Å²) >= 11 is 3.49. The van der Waals surface area contributed by atoms with Crippen LogP contribution in [-0.2, 0) is 0 Å². The number of hydrogen-bond donors (Lipinski definition) is 0. The molecule has 4 heteroatoms. The van der Waals surface area contributed by atoms with Crippen LogP contribution in [0.15, 0.2) is 41.0 Å². The van der Waals surface area contributed by atoms with E-state index >= 15 is 0 Å². The Balaban J connectivity index is 2.35. The van der Waals surface area contributed by atoms with Crippen LogP contribution in [0.25, 0.3) is 0 Å². The third kappa shape index (κ3) is 3.51. The summed E-state index contributed by atoms with van der Waals surface area (Å²) in [6.45, 7) is 6.79. The van der Waals surface area contributed by atoms with E-state index in [4.69, 9.17) is 9.47 Å². The number of hydrogen-bond acceptors (Lipinski definition) is 3. The number of nitrogens with zero attached hydrogens (tertiary/aromatic N) is 1. The third-order valence-electron chi connectivity index (χ3n) is 2.84. The van der Waals surface area contributed by atoms with Crippen molar-refractivity contribution in [2.24, 2.45) is 0 Å². The van der Waals surface area contributed by atoms with Crippen LogP contribution in [0.4, 0.5) is 0 Å². The van der Waals surface area contributed by atoms with E-state index in [1.54, 1.807) is 6.20 Å². The van der Waals surface area contributed by atoms with E-state index < -0.39 is 0 Å². The molecule has 0 saturated heterocycles. The van der Waals surface area contributed by atoms with Gasteiger partial charge in [0.25, 0.3) is 5.88 Å². The van der Waals surface area contributed by atoms with Crippen molar-refractivity contribution in [1.82, 2.24) is 4.98 Å². The van der Waals surface area contributed by atoms with E-state index in [0.29, 0.717) is 24.2 Å². The van der Waals surface area contributed by atoms with Gasteiger partial charge in [0.2, 0.25) is 0 Å². The maximum atomic E-state index is 5.95. The Kier molecular flexibility index (Phi) is 5.01.